The quantitative estimate of drug-likeness (QED) is 0.851. The topological polar surface area (TPSA) is 24.1 Å². The van der Waals surface area contributed by atoms with Crippen molar-refractivity contribution >= 4 is 0 Å². The number of nitrogens with one attached hydrogen (secondary N) is 2. The molecule has 0 bridgehead atoms. The molecule has 2 N–H and O–H groups in total. The van der Waals surface area contributed by atoms with Gasteiger partial charge >= 0.3 is 0 Å². The average molecular weight is 264 g/mol. The maximum atomic E-state index is 13.7. The summed E-state index contributed by atoms with van der Waals surface area (Å²) in [5.74, 6) is -0.120. The third-order valence-corrected chi connectivity index (χ3v) is 3.96. The van der Waals surface area contributed by atoms with E-state index < -0.39 is 0 Å². The molecule has 0 aliphatic carbocycles. The lowest BCUT2D eigenvalue weighted by molar-refractivity contribution is 0.332. The molecule has 0 saturated carbocycles. The van der Waals surface area contributed by atoms with E-state index in [-0.39, 0.29) is 11.9 Å². The summed E-state index contributed by atoms with van der Waals surface area (Å²) in [7, 11) is 0. The summed E-state index contributed by atoms with van der Waals surface area (Å²) in [4.78, 5) is 0. The zero-order valence-corrected chi connectivity index (χ0v) is 12.0. The van der Waals surface area contributed by atoms with Gasteiger partial charge in [0.15, 0.2) is 0 Å². The third-order valence-electron chi connectivity index (χ3n) is 3.96. The summed E-state index contributed by atoms with van der Waals surface area (Å²) >= 11 is 0. The van der Waals surface area contributed by atoms with Gasteiger partial charge in [0.1, 0.15) is 5.82 Å². The lowest BCUT2D eigenvalue weighted by Crippen LogP contribution is -2.40. The van der Waals surface area contributed by atoms with Gasteiger partial charge in [-0.1, -0.05) is 24.6 Å². The van der Waals surface area contributed by atoms with E-state index in [1.165, 1.54) is 25.3 Å². The molecule has 19 heavy (non-hydrogen) atoms. The highest BCUT2D eigenvalue weighted by Gasteiger charge is 2.18. The van der Waals surface area contributed by atoms with Gasteiger partial charge in [-0.05, 0) is 45.7 Å². The predicted molar refractivity (Wildman–Crippen MR) is 77.7 cm³/mol. The molecule has 0 spiro atoms. The highest BCUT2D eigenvalue weighted by atomic mass is 19.1. The molecule has 1 heterocycles. The molecule has 1 aromatic carbocycles. The molecule has 1 saturated heterocycles. The second-order valence-electron chi connectivity index (χ2n) is 5.69. The number of piperidine rings is 1. The number of halogens is 1. The van der Waals surface area contributed by atoms with Crippen LogP contribution in [-0.4, -0.2) is 18.6 Å². The Morgan fingerprint density at radius 3 is 2.79 bits per heavy atom. The van der Waals surface area contributed by atoms with E-state index in [0.717, 1.165) is 18.5 Å². The van der Waals surface area contributed by atoms with Crippen LogP contribution in [0.3, 0.4) is 0 Å². The van der Waals surface area contributed by atoms with E-state index in [0.29, 0.717) is 12.1 Å². The van der Waals surface area contributed by atoms with Crippen molar-refractivity contribution in [3.8, 4) is 0 Å². The molecule has 0 aromatic heterocycles. The van der Waals surface area contributed by atoms with E-state index in [9.17, 15) is 4.39 Å². The molecular formula is C16H25FN2. The molecule has 1 fully saturated rings. The molecule has 2 unspecified atom stereocenters. The summed E-state index contributed by atoms with van der Waals surface area (Å²) in [5, 5.41) is 7.06. The maximum Gasteiger partial charge on any atom is 0.127 e. The molecule has 0 radical (unpaired) electrons. The second-order valence-corrected chi connectivity index (χ2v) is 5.69. The SMILES string of the molecule is CC(CC1CCCCN1)N[C@H](C)c1ccccc1F. The zero-order valence-electron chi connectivity index (χ0n) is 12.0. The van der Waals surface area contributed by atoms with Crippen LogP contribution in [0, 0.1) is 5.82 Å². The first-order valence-electron chi connectivity index (χ1n) is 7.40. The smallest absolute Gasteiger partial charge is 0.127 e. The van der Waals surface area contributed by atoms with Gasteiger partial charge in [-0.15, -0.1) is 0 Å². The third kappa shape index (κ3) is 4.29. The highest BCUT2D eigenvalue weighted by molar-refractivity contribution is 5.20. The zero-order chi connectivity index (χ0) is 13.7. The molecule has 2 rings (SSSR count). The van der Waals surface area contributed by atoms with Gasteiger partial charge in [0.2, 0.25) is 0 Å². The molecule has 3 heteroatoms. The number of benzene rings is 1. The van der Waals surface area contributed by atoms with Crippen LogP contribution in [0.15, 0.2) is 24.3 Å². The molecule has 3 atom stereocenters. The Bertz CT molecular complexity index is 388. The maximum absolute atomic E-state index is 13.7. The summed E-state index contributed by atoms with van der Waals surface area (Å²) in [6.07, 6.45) is 5.00. The molecular weight excluding hydrogens is 239 g/mol. The van der Waals surface area contributed by atoms with Crippen LogP contribution in [0.25, 0.3) is 0 Å². The molecule has 106 valence electrons. The van der Waals surface area contributed by atoms with E-state index in [2.05, 4.69) is 17.6 Å². The van der Waals surface area contributed by atoms with Gasteiger partial charge in [0, 0.05) is 23.7 Å². The Kier molecular flexibility index (Phi) is 5.34. The van der Waals surface area contributed by atoms with Gasteiger partial charge in [-0.2, -0.15) is 0 Å². The van der Waals surface area contributed by atoms with Crippen molar-refractivity contribution in [3.63, 3.8) is 0 Å². The van der Waals surface area contributed by atoms with Gasteiger partial charge in [0.25, 0.3) is 0 Å². The Labute approximate surface area is 115 Å². The minimum absolute atomic E-state index is 0.0554. The van der Waals surface area contributed by atoms with Crippen molar-refractivity contribution in [2.45, 2.75) is 57.7 Å². The Morgan fingerprint density at radius 2 is 2.11 bits per heavy atom. The lowest BCUT2D eigenvalue weighted by atomic mass is 9.98. The van der Waals surface area contributed by atoms with Gasteiger partial charge in [-0.3, -0.25) is 0 Å². The van der Waals surface area contributed by atoms with Crippen LogP contribution < -0.4 is 10.6 Å². The van der Waals surface area contributed by atoms with Crippen molar-refractivity contribution in [3.05, 3.63) is 35.6 Å². The standard InChI is InChI=1S/C16H25FN2/c1-12(11-14-7-5-6-10-18-14)19-13(2)15-8-3-4-9-16(15)17/h3-4,8-9,12-14,18-19H,5-7,10-11H2,1-2H3/t12?,13-,14?/m1/s1. The van der Waals surface area contributed by atoms with Crippen LogP contribution in [0.4, 0.5) is 4.39 Å². The van der Waals surface area contributed by atoms with Crippen molar-refractivity contribution in [1.82, 2.24) is 10.6 Å². The Balaban J connectivity index is 1.84. The van der Waals surface area contributed by atoms with Crippen LogP contribution in [0.2, 0.25) is 0 Å². The van der Waals surface area contributed by atoms with Crippen molar-refractivity contribution in [1.29, 1.82) is 0 Å². The molecule has 0 amide bonds. The minimum Gasteiger partial charge on any atom is -0.314 e. The Hall–Kier alpha value is -0.930. The fourth-order valence-electron chi connectivity index (χ4n) is 2.96. The fraction of sp³-hybridized carbons (Fsp3) is 0.625. The molecule has 1 aromatic rings. The van der Waals surface area contributed by atoms with Crippen LogP contribution in [-0.2, 0) is 0 Å². The number of hydrogen-bond acceptors (Lipinski definition) is 2. The molecule has 1 aliphatic heterocycles. The number of hydrogen-bond donors (Lipinski definition) is 2. The molecule has 2 nitrogen and oxygen atoms in total. The van der Waals surface area contributed by atoms with Crippen LogP contribution >= 0.6 is 0 Å². The summed E-state index contributed by atoms with van der Waals surface area (Å²) < 4.78 is 13.7. The normalized spacial score (nSPS) is 23.0. The number of rotatable bonds is 5. The Morgan fingerprint density at radius 1 is 1.32 bits per heavy atom. The summed E-state index contributed by atoms with van der Waals surface area (Å²) in [5.41, 5.74) is 0.756. The lowest BCUT2D eigenvalue weighted by Gasteiger charge is -2.28. The van der Waals surface area contributed by atoms with Crippen LogP contribution in [0.1, 0.15) is 51.1 Å². The van der Waals surface area contributed by atoms with Crippen molar-refractivity contribution in [2.75, 3.05) is 6.54 Å². The second kappa shape index (κ2) is 7.01. The van der Waals surface area contributed by atoms with E-state index in [1.54, 1.807) is 6.07 Å². The summed E-state index contributed by atoms with van der Waals surface area (Å²) in [6.45, 7) is 5.36. The predicted octanol–water partition coefficient (Wildman–Crippen LogP) is 3.40. The highest BCUT2D eigenvalue weighted by Crippen LogP contribution is 2.18. The van der Waals surface area contributed by atoms with Crippen molar-refractivity contribution < 1.29 is 4.39 Å². The van der Waals surface area contributed by atoms with E-state index >= 15 is 0 Å². The van der Waals surface area contributed by atoms with Crippen LogP contribution in [0.5, 0.6) is 0 Å². The van der Waals surface area contributed by atoms with E-state index in [4.69, 9.17) is 0 Å². The van der Waals surface area contributed by atoms with Gasteiger partial charge in [-0.25, -0.2) is 4.39 Å². The van der Waals surface area contributed by atoms with E-state index in [1.807, 2.05) is 19.1 Å². The fourth-order valence-corrected chi connectivity index (χ4v) is 2.96. The first-order valence-corrected chi connectivity index (χ1v) is 7.40. The van der Waals surface area contributed by atoms with Gasteiger partial charge < -0.3 is 10.6 Å². The first kappa shape index (κ1) is 14.5. The van der Waals surface area contributed by atoms with Gasteiger partial charge in [0.05, 0.1) is 0 Å². The first-order chi connectivity index (χ1) is 9.16. The molecule has 1 aliphatic rings. The summed E-state index contributed by atoms with van der Waals surface area (Å²) in [6, 6.07) is 8.08. The largest absolute Gasteiger partial charge is 0.314 e. The van der Waals surface area contributed by atoms with Crippen molar-refractivity contribution in [2.24, 2.45) is 0 Å². The average Bonchev–Trinajstić information content (AvgIpc) is 2.40. The monoisotopic (exact) mass is 264 g/mol. The minimum atomic E-state index is -0.120.